The molecule has 4 nitrogen and oxygen atoms in total. The van der Waals surface area contributed by atoms with Crippen molar-refractivity contribution < 1.29 is 4.74 Å². The molecule has 6 heteroatoms. The van der Waals surface area contributed by atoms with Crippen LogP contribution in [0.1, 0.15) is 26.7 Å². The molecule has 0 amide bonds. The Labute approximate surface area is 155 Å². The van der Waals surface area contributed by atoms with Gasteiger partial charge in [-0.05, 0) is 61.6 Å². The lowest BCUT2D eigenvalue weighted by atomic mass is 9.92. The summed E-state index contributed by atoms with van der Waals surface area (Å²) in [6.07, 6.45) is 2.44. The van der Waals surface area contributed by atoms with Gasteiger partial charge < -0.3 is 20.3 Å². The highest BCUT2D eigenvalue weighted by Gasteiger charge is 2.20. The van der Waals surface area contributed by atoms with E-state index in [9.17, 15) is 0 Å². The summed E-state index contributed by atoms with van der Waals surface area (Å²) in [6.45, 7) is 9.13. The van der Waals surface area contributed by atoms with Gasteiger partial charge in [-0.1, -0.05) is 25.4 Å². The number of piperidine rings is 1. The number of hydrogen-bond acceptors (Lipinski definition) is 3. The number of nitrogens with one attached hydrogen (secondary N) is 2. The quantitative estimate of drug-likeness (QED) is 0.585. The number of likely N-dealkylation sites (tertiary alicyclic amines) is 1. The standard InChI is InChI=1S/C18H28ClN3OS/c1-13-9-14(2)12-22(11-13)8-4-7-20-18(24)21-15-5-6-17(23-3)16(19)10-15/h5-6,10,13-14H,4,7-9,11-12H2,1-3H3,(H2,20,21,24). The molecule has 134 valence electrons. The molecule has 0 spiro atoms. The van der Waals surface area contributed by atoms with Crippen molar-refractivity contribution in [2.45, 2.75) is 26.7 Å². The Bertz CT molecular complexity index is 545. The highest BCUT2D eigenvalue weighted by Crippen LogP contribution is 2.27. The largest absolute Gasteiger partial charge is 0.495 e. The monoisotopic (exact) mass is 369 g/mol. The summed E-state index contributed by atoms with van der Waals surface area (Å²) in [4.78, 5) is 2.57. The summed E-state index contributed by atoms with van der Waals surface area (Å²) in [7, 11) is 1.60. The van der Waals surface area contributed by atoms with Crippen LogP contribution in [0.4, 0.5) is 5.69 Å². The fraction of sp³-hybridized carbons (Fsp3) is 0.611. The Hall–Kier alpha value is -1.04. The van der Waals surface area contributed by atoms with Crippen LogP contribution in [0.2, 0.25) is 5.02 Å². The van der Waals surface area contributed by atoms with Gasteiger partial charge >= 0.3 is 0 Å². The van der Waals surface area contributed by atoms with E-state index in [1.165, 1.54) is 19.5 Å². The molecule has 2 atom stereocenters. The highest BCUT2D eigenvalue weighted by atomic mass is 35.5. The number of nitrogens with zero attached hydrogens (tertiary/aromatic N) is 1. The van der Waals surface area contributed by atoms with Gasteiger partial charge in [0.05, 0.1) is 12.1 Å². The second-order valence-electron chi connectivity index (χ2n) is 6.79. The van der Waals surface area contributed by atoms with Gasteiger partial charge in [-0.2, -0.15) is 0 Å². The van der Waals surface area contributed by atoms with Crippen LogP contribution in [0.5, 0.6) is 5.75 Å². The topological polar surface area (TPSA) is 36.5 Å². The number of halogens is 1. The number of rotatable bonds is 6. The lowest BCUT2D eigenvalue weighted by molar-refractivity contribution is 0.140. The van der Waals surface area contributed by atoms with Crippen LogP contribution < -0.4 is 15.4 Å². The minimum atomic E-state index is 0.568. The van der Waals surface area contributed by atoms with E-state index in [4.69, 9.17) is 28.6 Å². The van der Waals surface area contributed by atoms with Gasteiger partial charge in [0.1, 0.15) is 5.75 Å². The maximum absolute atomic E-state index is 6.12. The van der Waals surface area contributed by atoms with Gasteiger partial charge in [0.15, 0.2) is 5.11 Å². The lowest BCUT2D eigenvalue weighted by Gasteiger charge is -2.35. The van der Waals surface area contributed by atoms with Crippen LogP contribution in [0.15, 0.2) is 18.2 Å². The smallest absolute Gasteiger partial charge is 0.170 e. The lowest BCUT2D eigenvalue weighted by Crippen LogP contribution is -2.40. The van der Waals surface area contributed by atoms with E-state index < -0.39 is 0 Å². The molecule has 1 aliphatic heterocycles. The molecule has 1 aliphatic rings. The normalized spacial score (nSPS) is 21.3. The Morgan fingerprint density at radius 1 is 1.33 bits per heavy atom. The average Bonchev–Trinajstić information content (AvgIpc) is 2.51. The fourth-order valence-corrected chi connectivity index (χ4v) is 3.88. The maximum Gasteiger partial charge on any atom is 0.170 e. The zero-order valence-corrected chi connectivity index (χ0v) is 16.3. The Balaban J connectivity index is 1.67. The van der Waals surface area contributed by atoms with Crippen molar-refractivity contribution in [1.29, 1.82) is 0 Å². The fourth-order valence-electron chi connectivity index (χ4n) is 3.40. The third kappa shape index (κ3) is 6.11. The first-order chi connectivity index (χ1) is 11.5. The molecule has 2 unspecified atom stereocenters. The van der Waals surface area contributed by atoms with Crippen LogP contribution in [0, 0.1) is 11.8 Å². The molecule has 0 radical (unpaired) electrons. The molecule has 2 rings (SSSR count). The van der Waals surface area contributed by atoms with Crippen molar-refractivity contribution >= 4 is 34.6 Å². The summed E-state index contributed by atoms with van der Waals surface area (Å²) in [5, 5.41) is 7.60. The third-order valence-corrected chi connectivity index (χ3v) is 4.83. The van der Waals surface area contributed by atoms with Crippen molar-refractivity contribution in [2.24, 2.45) is 11.8 Å². The molecule has 1 fully saturated rings. The molecule has 0 aliphatic carbocycles. The number of anilines is 1. The Morgan fingerprint density at radius 2 is 2.04 bits per heavy atom. The average molecular weight is 370 g/mol. The maximum atomic E-state index is 6.12. The van der Waals surface area contributed by atoms with Crippen LogP contribution in [-0.2, 0) is 0 Å². The molecule has 2 N–H and O–H groups in total. The van der Waals surface area contributed by atoms with Crippen molar-refractivity contribution in [1.82, 2.24) is 10.2 Å². The molecule has 0 aromatic heterocycles. The second-order valence-corrected chi connectivity index (χ2v) is 7.60. The molecular weight excluding hydrogens is 342 g/mol. The van der Waals surface area contributed by atoms with Crippen molar-refractivity contribution in [3.63, 3.8) is 0 Å². The van der Waals surface area contributed by atoms with Gasteiger partial charge in [0.25, 0.3) is 0 Å². The van der Waals surface area contributed by atoms with E-state index in [2.05, 4.69) is 29.4 Å². The zero-order chi connectivity index (χ0) is 17.5. The number of hydrogen-bond donors (Lipinski definition) is 2. The van der Waals surface area contributed by atoms with Crippen molar-refractivity contribution in [3.05, 3.63) is 23.2 Å². The van der Waals surface area contributed by atoms with Crippen LogP contribution >= 0.6 is 23.8 Å². The molecule has 1 aromatic carbocycles. The van der Waals surface area contributed by atoms with Gasteiger partial charge in [-0.25, -0.2) is 0 Å². The molecule has 0 bridgehead atoms. The number of methoxy groups -OCH3 is 1. The van der Waals surface area contributed by atoms with Crippen LogP contribution in [0.3, 0.4) is 0 Å². The number of thiocarbonyl (C=S) groups is 1. The highest BCUT2D eigenvalue weighted by molar-refractivity contribution is 7.80. The van der Waals surface area contributed by atoms with E-state index in [0.717, 1.165) is 37.0 Å². The minimum Gasteiger partial charge on any atom is -0.495 e. The first-order valence-electron chi connectivity index (χ1n) is 8.58. The molecule has 1 heterocycles. The Kier molecular flexibility index (Phi) is 7.59. The SMILES string of the molecule is COc1ccc(NC(=S)NCCCN2CC(C)CC(C)C2)cc1Cl. The van der Waals surface area contributed by atoms with Crippen molar-refractivity contribution in [2.75, 3.05) is 38.6 Å². The van der Waals surface area contributed by atoms with Crippen molar-refractivity contribution in [3.8, 4) is 5.75 Å². The summed E-state index contributed by atoms with van der Waals surface area (Å²) in [6, 6.07) is 5.53. The number of benzene rings is 1. The summed E-state index contributed by atoms with van der Waals surface area (Å²) < 4.78 is 5.14. The molecule has 1 saturated heterocycles. The molecule has 1 aromatic rings. The summed E-state index contributed by atoms with van der Waals surface area (Å²) >= 11 is 11.5. The predicted molar refractivity (Wildman–Crippen MR) is 106 cm³/mol. The van der Waals surface area contributed by atoms with E-state index in [-0.39, 0.29) is 0 Å². The van der Waals surface area contributed by atoms with Gasteiger partial charge in [-0.15, -0.1) is 0 Å². The zero-order valence-electron chi connectivity index (χ0n) is 14.8. The first kappa shape index (κ1) is 19.3. The molecule has 24 heavy (non-hydrogen) atoms. The summed E-state index contributed by atoms with van der Waals surface area (Å²) in [5.74, 6) is 2.28. The predicted octanol–water partition coefficient (Wildman–Crippen LogP) is 4.00. The summed E-state index contributed by atoms with van der Waals surface area (Å²) in [5.41, 5.74) is 0.858. The first-order valence-corrected chi connectivity index (χ1v) is 9.37. The van der Waals surface area contributed by atoms with Gasteiger partial charge in [0, 0.05) is 25.3 Å². The van der Waals surface area contributed by atoms with Gasteiger partial charge in [0.2, 0.25) is 0 Å². The van der Waals surface area contributed by atoms with Gasteiger partial charge in [-0.3, -0.25) is 0 Å². The van der Waals surface area contributed by atoms with Crippen LogP contribution in [0.25, 0.3) is 0 Å². The van der Waals surface area contributed by atoms with E-state index in [0.29, 0.717) is 15.9 Å². The molecular formula is C18H28ClN3OS. The third-order valence-electron chi connectivity index (χ3n) is 4.29. The molecule has 0 saturated carbocycles. The van der Waals surface area contributed by atoms with E-state index in [1.807, 2.05) is 18.2 Å². The second kappa shape index (κ2) is 9.44. The number of ether oxygens (including phenoxy) is 1. The van der Waals surface area contributed by atoms with Crippen LogP contribution in [-0.4, -0.2) is 43.3 Å². The van der Waals surface area contributed by atoms with E-state index in [1.54, 1.807) is 7.11 Å². The Morgan fingerprint density at radius 3 is 2.67 bits per heavy atom. The minimum absolute atomic E-state index is 0.568. The van der Waals surface area contributed by atoms with E-state index >= 15 is 0 Å².